The van der Waals surface area contributed by atoms with Crippen LogP contribution in [0.2, 0.25) is 0 Å². The molecule has 7 heteroatoms. The fraction of sp³-hybridized carbons (Fsp3) is 0.269. The molecule has 3 rings (SSSR count). The molecule has 1 aromatic heterocycles. The topological polar surface area (TPSA) is 74.3 Å². The van der Waals surface area contributed by atoms with E-state index < -0.39 is 10.0 Å². The van der Waals surface area contributed by atoms with Gasteiger partial charge in [0, 0.05) is 36.9 Å². The summed E-state index contributed by atoms with van der Waals surface area (Å²) in [5.74, 6) is 0. The molecule has 0 saturated carbocycles. The van der Waals surface area contributed by atoms with E-state index in [1.807, 2.05) is 54.6 Å². The molecule has 6 nitrogen and oxygen atoms in total. The summed E-state index contributed by atoms with van der Waals surface area (Å²) in [6.07, 6.45) is 8.63. The number of hydrogen-bond donors (Lipinski definition) is 2. The van der Waals surface area contributed by atoms with Crippen molar-refractivity contribution >= 4 is 33.6 Å². The van der Waals surface area contributed by atoms with Crippen molar-refractivity contribution in [2.75, 3.05) is 31.5 Å². The average Bonchev–Trinajstić information content (AvgIpc) is 2.83. The van der Waals surface area contributed by atoms with Gasteiger partial charge >= 0.3 is 0 Å². The van der Waals surface area contributed by atoms with Gasteiger partial charge in [-0.15, -0.1) is 0 Å². The summed E-state index contributed by atoms with van der Waals surface area (Å²) in [4.78, 5) is 6.51. The average molecular weight is 465 g/mol. The fourth-order valence-electron chi connectivity index (χ4n) is 3.46. The SMILES string of the molecule is CCCN(CC)CCNS(=O)(=O)c1cccc(Nc2cccc(/C=C/c3ccncc3)c2)c1. The second-order valence-corrected chi connectivity index (χ2v) is 9.49. The van der Waals surface area contributed by atoms with Crippen molar-refractivity contribution in [1.82, 2.24) is 14.6 Å². The molecular formula is C26H32N4O2S. The molecule has 0 amide bonds. The van der Waals surface area contributed by atoms with Gasteiger partial charge in [0.25, 0.3) is 0 Å². The fourth-order valence-corrected chi connectivity index (χ4v) is 4.53. The maximum atomic E-state index is 12.8. The molecule has 0 aliphatic carbocycles. The summed E-state index contributed by atoms with van der Waals surface area (Å²) in [6.45, 7) is 7.17. The van der Waals surface area contributed by atoms with E-state index in [-0.39, 0.29) is 4.90 Å². The monoisotopic (exact) mass is 464 g/mol. The van der Waals surface area contributed by atoms with Gasteiger partial charge in [-0.25, -0.2) is 13.1 Å². The number of sulfonamides is 1. The zero-order valence-corrected chi connectivity index (χ0v) is 20.1. The molecule has 2 aromatic carbocycles. The van der Waals surface area contributed by atoms with E-state index in [1.165, 1.54) is 0 Å². The Morgan fingerprint density at radius 2 is 1.58 bits per heavy atom. The lowest BCUT2D eigenvalue weighted by Crippen LogP contribution is -2.35. The molecule has 0 unspecified atom stereocenters. The minimum absolute atomic E-state index is 0.250. The Bertz CT molecular complexity index is 1150. The first-order chi connectivity index (χ1) is 16.0. The largest absolute Gasteiger partial charge is 0.355 e. The van der Waals surface area contributed by atoms with Crippen LogP contribution in [0.15, 0.2) is 78.0 Å². The third-order valence-electron chi connectivity index (χ3n) is 5.20. The molecule has 0 saturated heterocycles. The van der Waals surface area contributed by atoms with Crippen LogP contribution in [0.1, 0.15) is 31.4 Å². The zero-order chi connectivity index (χ0) is 23.5. The molecule has 0 aliphatic rings. The number of aromatic nitrogens is 1. The number of likely N-dealkylation sites (N-methyl/N-ethyl adjacent to an activating group) is 1. The minimum atomic E-state index is -3.57. The molecule has 3 aromatic rings. The van der Waals surface area contributed by atoms with Crippen molar-refractivity contribution in [1.29, 1.82) is 0 Å². The van der Waals surface area contributed by atoms with Crippen LogP contribution < -0.4 is 10.0 Å². The molecule has 0 fully saturated rings. The molecule has 1 heterocycles. The molecule has 2 N–H and O–H groups in total. The number of anilines is 2. The van der Waals surface area contributed by atoms with E-state index in [4.69, 9.17) is 0 Å². The summed E-state index contributed by atoms with van der Waals surface area (Å²) in [7, 11) is -3.57. The van der Waals surface area contributed by atoms with Gasteiger partial charge in [-0.2, -0.15) is 0 Å². The van der Waals surface area contributed by atoms with E-state index >= 15 is 0 Å². The highest BCUT2D eigenvalue weighted by Crippen LogP contribution is 2.21. The van der Waals surface area contributed by atoms with Crippen LogP contribution in [0, 0.1) is 0 Å². The number of nitrogens with zero attached hydrogens (tertiary/aromatic N) is 2. The van der Waals surface area contributed by atoms with Gasteiger partial charge in [-0.3, -0.25) is 4.98 Å². The van der Waals surface area contributed by atoms with Gasteiger partial charge in [-0.1, -0.05) is 44.2 Å². The van der Waals surface area contributed by atoms with Gasteiger partial charge in [0.2, 0.25) is 10.0 Å². The lowest BCUT2D eigenvalue weighted by atomic mass is 10.1. The summed E-state index contributed by atoms with van der Waals surface area (Å²) in [5, 5.41) is 3.31. The van der Waals surface area contributed by atoms with Crippen LogP contribution in [0.25, 0.3) is 12.2 Å². The van der Waals surface area contributed by atoms with Crippen LogP contribution >= 0.6 is 0 Å². The Morgan fingerprint density at radius 3 is 2.30 bits per heavy atom. The smallest absolute Gasteiger partial charge is 0.240 e. The molecule has 0 spiro atoms. The lowest BCUT2D eigenvalue weighted by molar-refractivity contribution is 0.293. The Balaban J connectivity index is 1.65. The summed E-state index contributed by atoms with van der Waals surface area (Å²) < 4.78 is 28.3. The summed E-state index contributed by atoms with van der Waals surface area (Å²) in [6, 6.07) is 18.7. The lowest BCUT2D eigenvalue weighted by Gasteiger charge is -2.19. The maximum absolute atomic E-state index is 12.8. The Labute approximate surface area is 197 Å². The maximum Gasteiger partial charge on any atom is 0.240 e. The Hall–Kier alpha value is -3.00. The molecule has 33 heavy (non-hydrogen) atoms. The van der Waals surface area contributed by atoms with E-state index in [2.05, 4.69) is 33.8 Å². The van der Waals surface area contributed by atoms with Crippen molar-refractivity contribution in [3.8, 4) is 0 Å². The van der Waals surface area contributed by atoms with Crippen molar-refractivity contribution in [3.63, 3.8) is 0 Å². The molecular weight excluding hydrogens is 432 g/mol. The van der Waals surface area contributed by atoms with Crippen molar-refractivity contribution in [2.45, 2.75) is 25.2 Å². The van der Waals surface area contributed by atoms with Gasteiger partial charge in [-0.05, 0) is 73.1 Å². The molecule has 0 aliphatic heterocycles. The number of hydrogen-bond acceptors (Lipinski definition) is 5. The summed E-state index contributed by atoms with van der Waals surface area (Å²) in [5.41, 5.74) is 3.71. The van der Waals surface area contributed by atoms with E-state index in [0.29, 0.717) is 18.8 Å². The quantitative estimate of drug-likeness (QED) is 0.394. The van der Waals surface area contributed by atoms with Crippen LogP contribution in [-0.2, 0) is 10.0 Å². The molecule has 0 bridgehead atoms. The molecule has 0 radical (unpaired) electrons. The van der Waals surface area contributed by atoms with Gasteiger partial charge in [0.15, 0.2) is 0 Å². The van der Waals surface area contributed by atoms with E-state index in [9.17, 15) is 8.42 Å². The predicted molar refractivity (Wildman–Crippen MR) is 137 cm³/mol. The number of benzene rings is 2. The van der Waals surface area contributed by atoms with E-state index in [0.717, 1.165) is 36.3 Å². The normalized spacial score (nSPS) is 11.8. The highest BCUT2D eigenvalue weighted by Gasteiger charge is 2.14. The molecule has 0 atom stereocenters. The van der Waals surface area contributed by atoms with Crippen LogP contribution in [0.3, 0.4) is 0 Å². The predicted octanol–water partition coefficient (Wildman–Crippen LogP) is 5.01. The first-order valence-corrected chi connectivity index (χ1v) is 12.8. The zero-order valence-electron chi connectivity index (χ0n) is 19.2. The summed E-state index contributed by atoms with van der Waals surface area (Å²) >= 11 is 0. The second kappa shape index (κ2) is 12.3. The van der Waals surface area contributed by atoms with Crippen LogP contribution in [-0.4, -0.2) is 44.5 Å². The minimum Gasteiger partial charge on any atom is -0.355 e. The first kappa shape index (κ1) is 24.6. The van der Waals surface area contributed by atoms with Crippen molar-refractivity contribution in [3.05, 3.63) is 84.2 Å². The Kier molecular flexibility index (Phi) is 9.18. The van der Waals surface area contributed by atoms with Crippen LogP contribution in [0.4, 0.5) is 11.4 Å². The first-order valence-electron chi connectivity index (χ1n) is 11.3. The number of pyridine rings is 1. The highest BCUT2D eigenvalue weighted by atomic mass is 32.2. The van der Waals surface area contributed by atoms with Gasteiger partial charge in [0.1, 0.15) is 0 Å². The van der Waals surface area contributed by atoms with Gasteiger partial charge in [0.05, 0.1) is 4.90 Å². The standard InChI is InChI=1S/C26H32N4O2S/c1-3-18-30(4-2)19-17-28-33(31,32)26-10-6-9-25(21-26)29-24-8-5-7-23(20-24)12-11-22-13-15-27-16-14-22/h5-16,20-21,28-29H,3-4,17-19H2,1-2H3/b12-11+. The van der Waals surface area contributed by atoms with Crippen LogP contribution in [0.5, 0.6) is 0 Å². The number of rotatable bonds is 12. The highest BCUT2D eigenvalue weighted by molar-refractivity contribution is 7.89. The van der Waals surface area contributed by atoms with Gasteiger partial charge < -0.3 is 10.2 Å². The second-order valence-electron chi connectivity index (χ2n) is 7.72. The van der Waals surface area contributed by atoms with E-state index in [1.54, 1.807) is 30.6 Å². The van der Waals surface area contributed by atoms with Crippen molar-refractivity contribution < 1.29 is 8.42 Å². The molecule has 174 valence electrons. The number of nitrogens with one attached hydrogen (secondary N) is 2. The van der Waals surface area contributed by atoms with Crippen molar-refractivity contribution in [2.24, 2.45) is 0 Å². The third-order valence-corrected chi connectivity index (χ3v) is 6.66. The Morgan fingerprint density at radius 1 is 0.879 bits per heavy atom. The third kappa shape index (κ3) is 7.82.